The number of aromatic nitrogens is 1. The largest absolute Gasteiger partial charge is 0.355 e. The normalized spacial score (nSPS) is 12.7. The van der Waals surface area contributed by atoms with E-state index in [1.54, 1.807) is 11.3 Å². The average molecular weight is 290 g/mol. The summed E-state index contributed by atoms with van der Waals surface area (Å²) in [5.41, 5.74) is 0.901. The van der Waals surface area contributed by atoms with E-state index in [1.165, 1.54) is 0 Å². The van der Waals surface area contributed by atoms with Crippen molar-refractivity contribution >= 4 is 28.8 Å². The summed E-state index contributed by atoms with van der Waals surface area (Å²) in [6, 6.07) is 0.138. The maximum absolute atomic E-state index is 11.6. The van der Waals surface area contributed by atoms with Gasteiger partial charge in [0.2, 0.25) is 5.91 Å². The van der Waals surface area contributed by atoms with Crippen LogP contribution in [0.1, 0.15) is 37.5 Å². The van der Waals surface area contributed by atoms with E-state index < -0.39 is 0 Å². The number of thiazole rings is 1. The Kier molecular flexibility index (Phi) is 6.60. The van der Waals surface area contributed by atoms with Gasteiger partial charge in [0.1, 0.15) is 5.01 Å². The van der Waals surface area contributed by atoms with Gasteiger partial charge in [-0.1, -0.05) is 6.92 Å². The lowest BCUT2D eigenvalue weighted by molar-refractivity contribution is -0.122. The number of nitrogens with one attached hydrogen (secondary N) is 1. The molecule has 1 N–H and O–H groups in total. The highest BCUT2D eigenvalue weighted by Crippen LogP contribution is 2.23. The Morgan fingerprint density at radius 1 is 1.61 bits per heavy atom. The fourth-order valence-corrected chi connectivity index (χ4v) is 2.83. The molecule has 0 aromatic carbocycles. The average Bonchev–Trinajstić information content (AvgIpc) is 2.84. The predicted molar refractivity (Wildman–Crippen MR) is 76.0 cm³/mol. The van der Waals surface area contributed by atoms with E-state index in [4.69, 9.17) is 11.6 Å². The number of alkyl halides is 1. The number of hydrogen-bond donors (Lipinski definition) is 1. The SMILES string of the molecule is CCNC(=O)CN(CC)C(C)c1nc(CCl)cs1. The Labute approximate surface area is 117 Å². The third kappa shape index (κ3) is 4.23. The first kappa shape index (κ1) is 15.4. The van der Waals surface area contributed by atoms with Crippen LogP contribution < -0.4 is 5.32 Å². The van der Waals surface area contributed by atoms with Gasteiger partial charge in [0.15, 0.2) is 0 Å². The lowest BCUT2D eigenvalue weighted by atomic mass is 10.3. The third-order valence-corrected chi connectivity index (χ3v) is 4.08. The van der Waals surface area contributed by atoms with Gasteiger partial charge in [0.05, 0.1) is 24.2 Å². The number of carbonyl (C=O) groups excluding carboxylic acids is 1. The fourth-order valence-electron chi connectivity index (χ4n) is 1.69. The van der Waals surface area contributed by atoms with Gasteiger partial charge < -0.3 is 5.32 Å². The van der Waals surface area contributed by atoms with E-state index in [-0.39, 0.29) is 11.9 Å². The molecule has 1 amide bonds. The Morgan fingerprint density at radius 2 is 2.33 bits per heavy atom. The molecule has 0 aliphatic heterocycles. The highest BCUT2D eigenvalue weighted by Gasteiger charge is 2.19. The Morgan fingerprint density at radius 3 is 2.83 bits per heavy atom. The van der Waals surface area contributed by atoms with E-state index in [9.17, 15) is 4.79 Å². The first-order valence-corrected chi connectivity index (χ1v) is 7.54. The molecule has 1 aromatic rings. The Hall–Kier alpha value is -0.650. The van der Waals surface area contributed by atoms with E-state index in [2.05, 4.69) is 22.1 Å². The van der Waals surface area contributed by atoms with E-state index >= 15 is 0 Å². The van der Waals surface area contributed by atoms with Crippen molar-refractivity contribution in [2.45, 2.75) is 32.7 Å². The summed E-state index contributed by atoms with van der Waals surface area (Å²) in [7, 11) is 0. The smallest absolute Gasteiger partial charge is 0.234 e. The number of nitrogens with zero attached hydrogens (tertiary/aromatic N) is 2. The molecule has 0 bridgehead atoms. The molecule has 1 heterocycles. The van der Waals surface area contributed by atoms with Crippen LogP contribution in [0.25, 0.3) is 0 Å². The predicted octanol–water partition coefficient (Wildman–Crippen LogP) is 2.40. The van der Waals surface area contributed by atoms with Crippen molar-refractivity contribution in [3.8, 4) is 0 Å². The van der Waals surface area contributed by atoms with Crippen LogP contribution in [0.5, 0.6) is 0 Å². The van der Waals surface area contributed by atoms with Crippen LogP contribution in [-0.4, -0.2) is 35.4 Å². The lowest BCUT2D eigenvalue weighted by Crippen LogP contribution is -2.38. The molecule has 102 valence electrons. The van der Waals surface area contributed by atoms with E-state index in [1.807, 2.05) is 19.2 Å². The standard InChI is InChI=1S/C12H20ClN3OS/c1-4-14-11(17)7-16(5-2)9(3)12-15-10(6-13)8-18-12/h8-9H,4-7H2,1-3H3,(H,14,17). The molecular formula is C12H20ClN3OS. The first-order chi connectivity index (χ1) is 8.62. The van der Waals surface area contributed by atoms with Gasteiger partial charge in [0.25, 0.3) is 0 Å². The van der Waals surface area contributed by atoms with Crippen molar-refractivity contribution in [2.75, 3.05) is 19.6 Å². The summed E-state index contributed by atoms with van der Waals surface area (Å²) in [6.07, 6.45) is 0. The van der Waals surface area contributed by atoms with Gasteiger partial charge in [-0.15, -0.1) is 22.9 Å². The van der Waals surface area contributed by atoms with Crippen LogP contribution in [0.2, 0.25) is 0 Å². The molecule has 1 aromatic heterocycles. The van der Waals surface area contributed by atoms with Crippen molar-refractivity contribution in [1.82, 2.24) is 15.2 Å². The number of amides is 1. The van der Waals surface area contributed by atoms with Crippen molar-refractivity contribution in [2.24, 2.45) is 0 Å². The lowest BCUT2D eigenvalue weighted by Gasteiger charge is -2.25. The number of likely N-dealkylation sites (N-methyl/N-ethyl adjacent to an activating group) is 2. The fraction of sp³-hybridized carbons (Fsp3) is 0.667. The molecule has 18 heavy (non-hydrogen) atoms. The summed E-state index contributed by atoms with van der Waals surface area (Å²) in [5.74, 6) is 0.492. The molecular weight excluding hydrogens is 270 g/mol. The maximum Gasteiger partial charge on any atom is 0.234 e. The van der Waals surface area contributed by atoms with Gasteiger partial charge in [-0.3, -0.25) is 9.69 Å². The molecule has 1 rings (SSSR count). The second-order valence-electron chi connectivity index (χ2n) is 4.00. The summed E-state index contributed by atoms with van der Waals surface area (Å²) >= 11 is 7.35. The summed E-state index contributed by atoms with van der Waals surface area (Å²) in [5, 5.41) is 5.80. The molecule has 0 fully saturated rings. The number of halogens is 1. The molecule has 1 unspecified atom stereocenters. The van der Waals surface area contributed by atoms with Gasteiger partial charge >= 0.3 is 0 Å². The van der Waals surface area contributed by atoms with Gasteiger partial charge in [-0.05, 0) is 20.4 Å². The Bertz CT molecular complexity index is 383. The van der Waals surface area contributed by atoms with Crippen LogP contribution in [-0.2, 0) is 10.7 Å². The highest BCUT2D eigenvalue weighted by molar-refractivity contribution is 7.09. The minimum Gasteiger partial charge on any atom is -0.355 e. The van der Waals surface area contributed by atoms with Crippen molar-refractivity contribution in [1.29, 1.82) is 0 Å². The minimum atomic E-state index is 0.0559. The molecule has 0 saturated carbocycles. The molecule has 0 aliphatic rings. The maximum atomic E-state index is 11.6. The third-order valence-electron chi connectivity index (χ3n) is 2.74. The van der Waals surface area contributed by atoms with Gasteiger partial charge in [-0.2, -0.15) is 0 Å². The van der Waals surface area contributed by atoms with Gasteiger partial charge in [0, 0.05) is 11.9 Å². The molecule has 0 spiro atoms. The van der Waals surface area contributed by atoms with Crippen LogP contribution in [0.15, 0.2) is 5.38 Å². The molecule has 1 atom stereocenters. The second kappa shape index (κ2) is 7.71. The van der Waals surface area contributed by atoms with Crippen molar-refractivity contribution in [3.63, 3.8) is 0 Å². The summed E-state index contributed by atoms with van der Waals surface area (Å²) in [4.78, 5) is 18.2. The van der Waals surface area contributed by atoms with Crippen LogP contribution in [0.4, 0.5) is 0 Å². The van der Waals surface area contributed by atoms with Gasteiger partial charge in [-0.25, -0.2) is 4.98 Å². The second-order valence-corrected chi connectivity index (χ2v) is 5.16. The van der Waals surface area contributed by atoms with Crippen molar-refractivity contribution in [3.05, 3.63) is 16.1 Å². The Balaban J connectivity index is 2.66. The molecule has 6 heteroatoms. The topological polar surface area (TPSA) is 45.2 Å². The van der Waals surface area contributed by atoms with Crippen molar-refractivity contribution < 1.29 is 4.79 Å². The van der Waals surface area contributed by atoms with Crippen LogP contribution in [0.3, 0.4) is 0 Å². The minimum absolute atomic E-state index is 0.0559. The summed E-state index contributed by atoms with van der Waals surface area (Å²) < 4.78 is 0. The molecule has 0 aliphatic carbocycles. The number of hydrogen-bond acceptors (Lipinski definition) is 4. The highest BCUT2D eigenvalue weighted by atomic mass is 35.5. The zero-order chi connectivity index (χ0) is 13.5. The van der Waals surface area contributed by atoms with Crippen LogP contribution >= 0.6 is 22.9 Å². The molecule has 0 radical (unpaired) electrons. The molecule has 0 saturated heterocycles. The zero-order valence-electron chi connectivity index (χ0n) is 11.1. The van der Waals surface area contributed by atoms with Crippen LogP contribution in [0, 0.1) is 0 Å². The summed E-state index contributed by atoms with van der Waals surface area (Å²) in [6.45, 7) is 7.92. The van der Waals surface area contributed by atoms with E-state index in [0.717, 1.165) is 17.2 Å². The quantitative estimate of drug-likeness (QED) is 0.784. The first-order valence-electron chi connectivity index (χ1n) is 6.13. The van der Waals surface area contributed by atoms with E-state index in [0.29, 0.717) is 19.0 Å². The zero-order valence-corrected chi connectivity index (χ0v) is 12.6. The number of carbonyl (C=O) groups is 1. The monoisotopic (exact) mass is 289 g/mol. The number of rotatable bonds is 7. The molecule has 4 nitrogen and oxygen atoms in total.